The summed E-state index contributed by atoms with van der Waals surface area (Å²) in [6.07, 6.45) is -2.83. The van der Waals surface area contributed by atoms with Crippen LogP contribution in [-0.2, 0) is 0 Å². The van der Waals surface area contributed by atoms with Crippen molar-refractivity contribution in [2.75, 3.05) is 5.73 Å². The first-order valence-electron chi connectivity index (χ1n) is 7.17. The Kier molecular flexibility index (Phi) is 6.29. The van der Waals surface area contributed by atoms with Gasteiger partial charge in [0.25, 0.3) is 0 Å². The summed E-state index contributed by atoms with van der Waals surface area (Å²) in [5, 5.41) is 22.7. The van der Waals surface area contributed by atoms with Gasteiger partial charge in [0.1, 0.15) is 17.3 Å². The van der Waals surface area contributed by atoms with Crippen LogP contribution in [0.4, 0.5) is 20.2 Å². The van der Waals surface area contributed by atoms with E-state index >= 15 is 0 Å². The topological polar surface area (TPSA) is 95.9 Å². The van der Waals surface area contributed by atoms with E-state index in [0.29, 0.717) is 0 Å². The van der Waals surface area contributed by atoms with Gasteiger partial charge in [-0.1, -0.05) is 23.2 Å². The van der Waals surface area contributed by atoms with Crippen LogP contribution in [0.15, 0.2) is 29.4 Å². The fourth-order valence-corrected chi connectivity index (χ4v) is 2.68. The third kappa shape index (κ3) is 4.43. The Hall–Kier alpha value is -1.80. The number of nitrogens with two attached hydrogens (primary N) is 1. The largest absolute Gasteiger partial charge is 0.398 e. The summed E-state index contributed by atoms with van der Waals surface area (Å²) in [6, 6.07) is 4.08. The molecule has 0 spiro atoms. The third-order valence-electron chi connectivity index (χ3n) is 3.71. The lowest BCUT2D eigenvalue weighted by atomic mass is 9.98. The van der Waals surface area contributed by atoms with E-state index < -0.39 is 23.8 Å². The number of halogens is 4. The van der Waals surface area contributed by atoms with Crippen LogP contribution in [0, 0.1) is 16.5 Å². The van der Waals surface area contributed by atoms with Gasteiger partial charge in [-0.3, -0.25) is 0 Å². The van der Waals surface area contributed by atoms with Gasteiger partial charge >= 0.3 is 0 Å². The van der Waals surface area contributed by atoms with Crippen LogP contribution >= 0.6 is 23.2 Å². The molecule has 0 saturated heterocycles. The minimum Gasteiger partial charge on any atom is -0.398 e. The van der Waals surface area contributed by atoms with Crippen LogP contribution in [0.3, 0.4) is 0 Å². The SMILES string of the molecule is Nc1cc([C@@H](O)CC[C@H](O)c2cc(N=O)c(Cl)cc2F)c(F)cc1Cl. The fraction of sp³-hybridized carbons (Fsp3) is 0.250. The monoisotopic (exact) mass is 390 g/mol. The Morgan fingerprint density at radius 1 is 0.960 bits per heavy atom. The Morgan fingerprint density at radius 3 is 1.96 bits per heavy atom. The average Bonchev–Trinajstić information content (AvgIpc) is 2.55. The molecular formula is C16H14Cl2F2N2O3. The van der Waals surface area contributed by atoms with Crippen molar-refractivity contribution < 1.29 is 19.0 Å². The van der Waals surface area contributed by atoms with Crippen molar-refractivity contribution in [3.8, 4) is 0 Å². The van der Waals surface area contributed by atoms with Crippen LogP contribution in [0.25, 0.3) is 0 Å². The molecule has 2 aromatic carbocycles. The molecule has 0 aliphatic carbocycles. The summed E-state index contributed by atoms with van der Waals surface area (Å²) in [5.74, 6) is -1.56. The molecule has 2 rings (SSSR count). The van der Waals surface area contributed by atoms with Gasteiger partial charge in [-0.15, -0.1) is 4.91 Å². The van der Waals surface area contributed by atoms with E-state index in [0.717, 1.165) is 18.2 Å². The van der Waals surface area contributed by atoms with Gasteiger partial charge in [0.2, 0.25) is 0 Å². The van der Waals surface area contributed by atoms with Crippen LogP contribution in [0.2, 0.25) is 10.0 Å². The zero-order chi connectivity index (χ0) is 18.7. The fourth-order valence-electron chi connectivity index (χ4n) is 2.34. The van der Waals surface area contributed by atoms with Crippen molar-refractivity contribution in [3.05, 3.63) is 62.0 Å². The standard InChI is InChI=1S/C16H14Cl2F2N2O3/c17-9-5-11(19)7(3-13(9)21)15(23)1-2-16(24)8-4-14(22-25)10(18)6-12(8)20/h3-6,15-16,23-24H,1-2,21H2/t15-,16-/m0/s1. The number of nitroso groups, excluding NO2 is 1. The number of nitrogens with zero attached hydrogens (tertiary/aromatic N) is 1. The Morgan fingerprint density at radius 2 is 1.44 bits per heavy atom. The Labute approximate surface area is 152 Å². The molecule has 5 nitrogen and oxygen atoms in total. The van der Waals surface area contributed by atoms with Gasteiger partial charge in [0.15, 0.2) is 0 Å². The lowest BCUT2D eigenvalue weighted by molar-refractivity contribution is 0.111. The van der Waals surface area contributed by atoms with Crippen LogP contribution < -0.4 is 5.73 Å². The van der Waals surface area contributed by atoms with Crippen molar-refractivity contribution >= 4 is 34.6 Å². The van der Waals surface area contributed by atoms with Gasteiger partial charge in [-0.05, 0) is 42.3 Å². The maximum absolute atomic E-state index is 13.9. The molecule has 0 aromatic heterocycles. The highest BCUT2D eigenvalue weighted by molar-refractivity contribution is 6.33. The number of nitrogen functional groups attached to an aromatic ring is 1. The molecule has 2 aromatic rings. The van der Waals surface area contributed by atoms with Crippen molar-refractivity contribution in [2.24, 2.45) is 5.18 Å². The molecule has 0 unspecified atom stereocenters. The maximum Gasteiger partial charge on any atom is 0.130 e. The predicted molar refractivity (Wildman–Crippen MR) is 91.8 cm³/mol. The Bertz CT molecular complexity index is 805. The number of rotatable bonds is 6. The van der Waals surface area contributed by atoms with E-state index in [1.54, 1.807) is 0 Å². The van der Waals surface area contributed by atoms with Gasteiger partial charge in [-0.25, -0.2) is 8.78 Å². The quantitative estimate of drug-likeness (QED) is 0.487. The molecule has 9 heteroatoms. The maximum atomic E-state index is 13.9. The highest BCUT2D eigenvalue weighted by Gasteiger charge is 2.20. The number of benzene rings is 2. The molecule has 0 aliphatic heterocycles. The first kappa shape index (κ1) is 19.5. The lowest BCUT2D eigenvalue weighted by Crippen LogP contribution is -2.07. The van der Waals surface area contributed by atoms with Crippen LogP contribution in [0.5, 0.6) is 0 Å². The zero-order valence-corrected chi connectivity index (χ0v) is 14.2. The molecule has 4 N–H and O–H groups in total. The average molecular weight is 391 g/mol. The number of hydrogen-bond acceptors (Lipinski definition) is 5. The van der Waals surface area contributed by atoms with Gasteiger partial charge < -0.3 is 15.9 Å². The second kappa shape index (κ2) is 8.05. The lowest BCUT2D eigenvalue weighted by Gasteiger charge is -2.17. The number of hydrogen-bond donors (Lipinski definition) is 3. The predicted octanol–water partition coefficient (Wildman–Crippen LogP) is 4.80. The molecular weight excluding hydrogens is 377 g/mol. The van der Waals surface area contributed by atoms with E-state index in [4.69, 9.17) is 28.9 Å². The van der Waals surface area contributed by atoms with Crippen LogP contribution in [0.1, 0.15) is 36.2 Å². The van der Waals surface area contributed by atoms with E-state index in [-0.39, 0.29) is 45.4 Å². The normalized spacial score (nSPS) is 13.5. The van der Waals surface area contributed by atoms with E-state index in [1.807, 2.05) is 0 Å². The molecule has 0 heterocycles. The summed E-state index contributed by atoms with van der Waals surface area (Å²) in [4.78, 5) is 10.6. The van der Waals surface area contributed by atoms with E-state index in [9.17, 15) is 23.9 Å². The summed E-state index contributed by atoms with van der Waals surface area (Å²) < 4.78 is 27.7. The van der Waals surface area contributed by atoms with Crippen molar-refractivity contribution in [1.82, 2.24) is 0 Å². The second-order valence-corrected chi connectivity index (χ2v) is 6.23. The summed E-state index contributed by atoms with van der Waals surface area (Å²) in [7, 11) is 0. The minimum absolute atomic E-state index is 0.0191. The van der Waals surface area contributed by atoms with E-state index in [1.165, 1.54) is 6.07 Å². The number of anilines is 1. The molecule has 134 valence electrons. The summed E-state index contributed by atoms with van der Waals surface area (Å²) >= 11 is 11.3. The number of aliphatic hydroxyl groups is 2. The van der Waals surface area contributed by atoms with Crippen molar-refractivity contribution in [3.63, 3.8) is 0 Å². The molecule has 0 fully saturated rings. The van der Waals surface area contributed by atoms with Gasteiger partial charge in [0, 0.05) is 11.1 Å². The summed E-state index contributed by atoms with van der Waals surface area (Å²) in [5.41, 5.74) is 5.19. The molecule has 0 aliphatic rings. The Balaban J connectivity index is 2.13. The van der Waals surface area contributed by atoms with Crippen molar-refractivity contribution in [2.45, 2.75) is 25.0 Å². The first-order valence-corrected chi connectivity index (χ1v) is 7.93. The highest BCUT2D eigenvalue weighted by atomic mass is 35.5. The molecule has 0 radical (unpaired) electrons. The first-order chi connectivity index (χ1) is 11.7. The smallest absolute Gasteiger partial charge is 0.130 e. The zero-order valence-electron chi connectivity index (χ0n) is 12.7. The van der Waals surface area contributed by atoms with Gasteiger partial charge in [-0.2, -0.15) is 0 Å². The molecule has 2 atom stereocenters. The minimum atomic E-state index is -1.35. The van der Waals surface area contributed by atoms with Crippen molar-refractivity contribution in [1.29, 1.82) is 0 Å². The molecule has 0 saturated carbocycles. The van der Waals surface area contributed by atoms with E-state index in [2.05, 4.69) is 5.18 Å². The van der Waals surface area contributed by atoms with Gasteiger partial charge in [0.05, 0.1) is 27.9 Å². The second-order valence-electron chi connectivity index (χ2n) is 5.42. The van der Waals surface area contributed by atoms with Crippen LogP contribution in [-0.4, -0.2) is 10.2 Å². The molecule has 0 amide bonds. The molecule has 25 heavy (non-hydrogen) atoms. The number of aliphatic hydroxyl groups excluding tert-OH is 2. The third-order valence-corrected chi connectivity index (χ3v) is 4.34. The summed E-state index contributed by atoms with van der Waals surface area (Å²) in [6.45, 7) is 0. The highest BCUT2D eigenvalue weighted by Crippen LogP contribution is 2.34. The molecule has 0 bridgehead atoms.